The number of hydrogen-bond acceptors (Lipinski definition) is 7. The molecule has 13 nitrogen and oxygen atoms in total. The summed E-state index contributed by atoms with van der Waals surface area (Å²) in [6.07, 6.45) is 7.76. The molecule has 2 N–H and O–H groups in total. The lowest BCUT2D eigenvalue weighted by atomic mass is 9.99. The molecule has 1 aliphatic rings. The van der Waals surface area contributed by atoms with Gasteiger partial charge in [0.05, 0.1) is 11.7 Å². The van der Waals surface area contributed by atoms with E-state index in [0.29, 0.717) is 51.7 Å². The predicted octanol–water partition coefficient (Wildman–Crippen LogP) is 3.61. The third-order valence-corrected chi connectivity index (χ3v) is 7.66. The highest BCUT2D eigenvalue weighted by atomic mass is 16.2. The lowest BCUT2D eigenvalue weighted by molar-refractivity contribution is 0.0988. The maximum absolute atomic E-state index is 13.9. The number of rotatable bonds is 7. The molecule has 1 aliphatic heterocycles. The first-order valence-electron chi connectivity index (χ1n) is 14.4. The van der Waals surface area contributed by atoms with Crippen molar-refractivity contribution in [3.63, 3.8) is 0 Å². The summed E-state index contributed by atoms with van der Waals surface area (Å²) in [6.45, 7) is 3.65. The number of fused-ring (bicyclic) bond motifs is 1. The van der Waals surface area contributed by atoms with Crippen LogP contribution < -0.4 is 21.2 Å². The Morgan fingerprint density at radius 1 is 0.957 bits per heavy atom. The first-order valence-corrected chi connectivity index (χ1v) is 14.4. The number of carbonyl (C=O) groups is 3. The van der Waals surface area contributed by atoms with Crippen LogP contribution >= 0.6 is 0 Å². The molecule has 0 saturated heterocycles. The minimum Gasteiger partial charge on any atom is -0.321 e. The largest absolute Gasteiger partial charge is 0.351 e. The zero-order valence-electron chi connectivity index (χ0n) is 25.5. The molecule has 13 heteroatoms. The predicted molar refractivity (Wildman–Crippen MR) is 171 cm³/mol. The zero-order valence-corrected chi connectivity index (χ0v) is 25.5. The van der Waals surface area contributed by atoms with E-state index in [4.69, 9.17) is 6.42 Å². The van der Waals surface area contributed by atoms with Gasteiger partial charge >= 0.3 is 5.69 Å². The standard InChI is InChI=1S/C33H29N9O4/c1-6-25-28-24(32(45)41(25)22-11-13-23(14-12-22)42-27(7-2)38-40(5)33(42)46)17-19(3)34-29(28)31(44)35-21-10-8-9-20(18-21)30(43)36-26-15-16-39(4)37-26/h2,8-18,25H,6H2,1,3-5H3,(H,35,44)(H,36,37,43)/t25-/m1/s1. The summed E-state index contributed by atoms with van der Waals surface area (Å²) in [5.41, 5.74) is 2.92. The maximum atomic E-state index is 13.9. The van der Waals surface area contributed by atoms with Crippen molar-refractivity contribution in [3.8, 4) is 18.0 Å². The molecule has 4 heterocycles. The van der Waals surface area contributed by atoms with Crippen molar-refractivity contribution < 1.29 is 14.4 Å². The molecule has 0 bridgehead atoms. The van der Waals surface area contributed by atoms with Gasteiger partial charge in [-0.15, -0.1) is 11.5 Å². The number of amides is 3. The topological polar surface area (TPSA) is 149 Å². The van der Waals surface area contributed by atoms with Crippen LogP contribution in [0.1, 0.15) is 67.7 Å². The Balaban J connectivity index is 1.29. The lowest BCUT2D eigenvalue weighted by Gasteiger charge is -2.25. The fourth-order valence-corrected chi connectivity index (χ4v) is 5.61. The number of benzene rings is 2. The van der Waals surface area contributed by atoms with Crippen LogP contribution in [0.25, 0.3) is 5.69 Å². The van der Waals surface area contributed by atoms with E-state index in [9.17, 15) is 19.2 Å². The number of anilines is 3. The highest BCUT2D eigenvalue weighted by Crippen LogP contribution is 2.41. The molecule has 0 unspecified atom stereocenters. The Morgan fingerprint density at radius 2 is 1.70 bits per heavy atom. The van der Waals surface area contributed by atoms with Gasteiger partial charge in [-0.1, -0.05) is 13.0 Å². The van der Waals surface area contributed by atoms with Gasteiger partial charge in [-0.25, -0.2) is 19.0 Å². The Bertz CT molecular complexity index is 2130. The molecular formula is C33H29N9O4. The molecule has 1 atom stereocenters. The van der Waals surface area contributed by atoms with Gasteiger partial charge < -0.3 is 15.5 Å². The second-order valence-electron chi connectivity index (χ2n) is 10.8. The molecule has 0 saturated carbocycles. The number of carbonyl (C=O) groups excluding carboxylic acids is 3. The van der Waals surface area contributed by atoms with Gasteiger partial charge in [0.2, 0.25) is 5.82 Å². The van der Waals surface area contributed by atoms with E-state index in [1.165, 1.54) is 11.6 Å². The van der Waals surface area contributed by atoms with Gasteiger partial charge in [0.1, 0.15) is 5.69 Å². The molecule has 46 heavy (non-hydrogen) atoms. The molecular weight excluding hydrogens is 586 g/mol. The summed E-state index contributed by atoms with van der Waals surface area (Å²) < 4.78 is 4.05. The molecule has 0 radical (unpaired) electrons. The maximum Gasteiger partial charge on any atom is 0.351 e. The van der Waals surface area contributed by atoms with Crippen LogP contribution in [0.2, 0.25) is 0 Å². The first kappa shape index (κ1) is 29.8. The summed E-state index contributed by atoms with van der Waals surface area (Å²) in [5.74, 6) is 1.81. The Hall–Kier alpha value is -6.29. The lowest BCUT2D eigenvalue weighted by Crippen LogP contribution is -2.28. The normalized spacial score (nSPS) is 13.8. The molecule has 2 aromatic carbocycles. The smallest absolute Gasteiger partial charge is 0.321 e. The number of pyridine rings is 1. The van der Waals surface area contributed by atoms with Crippen molar-refractivity contribution in [2.75, 3.05) is 15.5 Å². The second kappa shape index (κ2) is 11.7. The number of aromatic nitrogens is 6. The fraction of sp³-hybridized carbons (Fsp3) is 0.182. The van der Waals surface area contributed by atoms with E-state index in [0.717, 1.165) is 4.68 Å². The van der Waals surface area contributed by atoms with Gasteiger partial charge in [-0.2, -0.15) is 5.10 Å². The SMILES string of the molecule is C#Cc1nn(C)c(=O)n1-c1ccc(N2C(=O)c3cc(C)nc(C(=O)Nc4cccc(C(=O)Nc5ccn(C)n5)c4)c3[C@H]2CC)cc1. The van der Waals surface area contributed by atoms with Gasteiger partial charge in [0, 0.05) is 60.1 Å². The summed E-state index contributed by atoms with van der Waals surface area (Å²) in [6, 6.07) is 16.2. The van der Waals surface area contributed by atoms with E-state index < -0.39 is 17.6 Å². The van der Waals surface area contributed by atoms with Crippen molar-refractivity contribution in [1.29, 1.82) is 0 Å². The van der Waals surface area contributed by atoms with Crippen molar-refractivity contribution in [2.45, 2.75) is 26.3 Å². The quantitative estimate of drug-likeness (QED) is 0.266. The minimum atomic E-state index is -0.511. The molecule has 5 aromatic rings. The monoisotopic (exact) mass is 615 g/mol. The van der Waals surface area contributed by atoms with Crippen LogP contribution in [0.5, 0.6) is 0 Å². The van der Waals surface area contributed by atoms with Gasteiger partial charge in [-0.05, 0) is 67.8 Å². The average Bonchev–Trinajstić information content (AvgIpc) is 3.68. The Morgan fingerprint density at radius 3 is 2.37 bits per heavy atom. The highest BCUT2D eigenvalue weighted by Gasteiger charge is 2.40. The molecule has 3 amide bonds. The number of nitrogens with zero attached hydrogens (tertiary/aromatic N) is 7. The molecule has 0 spiro atoms. The van der Waals surface area contributed by atoms with Crippen LogP contribution in [-0.2, 0) is 14.1 Å². The van der Waals surface area contributed by atoms with Gasteiger partial charge in [-0.3, -0.25) is 19.1 Å². The molecule has 0 fully saturated rings. The van der Waals surface area contributed by atoms with E-state index in [1.54, 1.807) is 90.4 Å². The summed E-state index contributed by atoms with van der Waals surface area (Å²) in [4.78, 5) is 59.2. The van der Waals surface area contributed by atoms with Crippen molar-refractivity contribution in [1.82, 2.24) is 29.1 Å². The summed E-state index contributed by atoms with van der Waals surface area (Å²) >= 11 is 0. The molecule has 230 valence electrons. The van der Waals surface area contributed by atoms with Crippen LogP contribution in [0.4, 0.5) is 17.2 Å². The van der Waals surface area contributed by atoms with Crippen molar-refractivity contribution in [2.24, 2.45) is 14.1 Å². The molecule has 6 rings (SSSR count). The van der Waals surface area contributed by atoms with Crippen LogP contribution in [0, 0.1) is 19.3 Å². The molecule has 0 aliphatic carbocycles. The third kappa shape index (κ3) is 5.22. The number of nitrogens with one attached hydrogen (secondary N) is 2. The molecule has 3 aromatic heterocycles. The summed E-state index contributed by atoms with van der Waals surface area (Å²) in [5, 5.41) is 13.8. The van der Waals surface area contributed by atoms with E-state index in [2.05, 4.69) is 31.7 Å². The number of hydrogen-bond donors (Lipinski definition) is 2. The van der Waals surface area contributed by atoms with Crippen molar-refractivity contribution >= 4 is 34.9 Å². The Labute approximate surface area is 263 Å². The van der Waals surface area contributed by atoms with Gasteiger partial charge in [0.25, 0.3) is 17.7 Å². The highest BCUT2D eigenvalue weighted by molar-refractivity contribution is 6.15. The van der Waals surface area contributed by atoms with E-state index in [-0.39, 0.29) is 23.3 Å². The van der Waals surface area contributed by atoms with E-state index >= 15 is 0 Å². The fourth-order valence-electron chi connectivity index (χ4n) is 5.61. The van der Waals surface area contributed by atoms with E-state index in [1.807, 2.05) is 6.92 Å². The average molecular weight is 616 g/mol. The third-order valence-electron chi connectivity index (χ3n) is 7.66. The zero-order chi connectivity index (χ0) is 32.7. The Kier molecular flexibility index (Phi) is 7.55. The van der Waals surface area contributed by atoms with Crippen LogP contribution in [0.15, 0.2) is 71.7 Å². The number of aryl methyl sites for hydroxylation is 3. The first-order chi connectivity index (χ1) is 22.1. The van der Waals surface area contributed by atoms with Crippen LogP contribution in [0.3, 0.4) is 0 Å². The summed E-state index contributed by atoms with van der Waals surface area (Å²) in [7, 11) is 3.26. The minimum absolute atomic E-state index is 0.123. The van der Waals surface area contributed by atoms with Crippen molar-refractivity contribution in [3.05, 3.63) is 111 Å². The second-order valence-corrected chi connectivity index (χ2v) is 10.8. The number of terminal acetylenes is 1. The van der Waals surface area contributed by atoms with Crippen LogP contribution in [-0.4, -0.2) is 46.8 Å². The van der Waals surface area contributed by atoms with Gasteiger partial charge in [0.15, 0.2) is 5.82 Å².